The molecule has 1 saturated heterocycles. The van der Waals surface area contributed by atoms with Gasteiger partial charge in [0.15, 0.2) is 0 Å². The van der Waals surface area contributed by atoms with Crippen LogP contribution >= 0.6 is 23.4 Å². The van der Waals surface area contributed by atoms with E-state index in [-0.39, 0.29) is 18.2 Å². The van der Waals surface area contributed by atoms with E-state index in [4.69, 9.17) is 11.6 Å². The van der Waals surface area contributed by atoms with Crippen LogP contribution in [-0.4, -0.2) is 55.5 Å². The Morgan fingerprint density at radius 1 is 1.26 bits per heavy atom. The predicted octanol–water partition coefficient (Wildman–Crippen LogP) is 1.85. The summed E-state index contributed by atoms with van der Waals surface area (Å²) in [6.07, 6.45) is 3.04. The lowest BCUT2D eigenvalue weighted by Gasteiger charge is -2.25. The lowest BCUT2D eigenvalue weighted by Crippen LogP contribution is -2.41. The van der Waals surface area contributed by atoms with Gasteiger partial charge in [0.2, 0.25) is 15.9 Å². The van der Waals surface area contributed by atoms with Crippen molar-refractivity contribution in [2.75, 3.05) is 36.9 Å². The summed E-state index contributed by atoms with van der Waals surface area (Å²) in [5.41, 5.74) is 0.850. The van der Waals surface area contributed by atoms with Gasteiger partial charge in [-0.2, -0.15) is 11.8 Å². The molecule has 126 valence electrons. The largest absolute Gasteiger partial charge is 0.351 e. The van der Waals surface area contributed by atoms with Crippen LogP contribution in [0.3, 0.4) is 0 Å². The molecule has 1 N–H and O–H groups in total. The van der Waals surface area contributed by atoms with E-state index in [9.17, 15) is 13.2 Å². The average Bonchev–Trinajstić information content (AvgIpc) is 2.55. The molecule has 0 saturated carbocycles. The first-order valence-electron chi connectivity index (χ1n) is 7.24. The molecular formula is C15H19ClN2O3S2. The highest BCUT2D eigenvalue weighted by molar-refractivity contribution is 7.99. The van der Waals surface area contributed by atoms with E-state index in [1.165, 1.54) is 10.4 Å². The van der Waals surface area contributed by atoms with Gasteiger partial charge < -0.3 is 5.32 Å². The smallest absolute Gasteiger partial charge is 0.244 e. The number of hydrogen-bond acceptors (Lipinski definition) is 4. The highest BCUT2D eigenvalue weighted by Crippen LogP contribution is 2.13. The number of rotatable bonds is 6. The van der Waals surface area contributed by atoms with Gasteiger partial charge in [0.25, 0.3) is 0 Å². The monoisotopic (exact) mass is 374 g/mol. The Kier molecular flexibility index (Phi) is 6.95. The molecule has 1 aromatic rings. The molecule has 1 amide bonds. The molecule has 0 aromatic heterocycles. The number of halogens is 1. The first-order chi connectivity index (χ1) is 11.0. The standard InChI is InChI=1S/C15H19ClN2O3S2/c16-14-4-1-13(2-5-14)3-6-15(19)17-7-12-23(20,21)18-8-10-22-11-9-18/h1-6H,7-12H2,(H,17,19)/b6-3+. The molecule has 0 radical (unpaired) electrons. The van der Waals surface area contributed by atoms with Crippen molar-refractivity contribution < 1.29 is 13.2 Å². The van der Waals surface area contributed by atoms with Gasteiger partial charge in [-0.25, -0.2) is 12.7 Å². The fraction of sp³-hybridized carbons (Fsp3) is 0.400. The molecule has 5 nitrogen and oxygen atoms in total. The van der Waals surface area contributed by atoms with Crippen molar-refractivity contribution in [2.24, 2.45) is 0 Å². The van der Waals surface area contributed by atoms with Crippen molar-refractivity contribution in [3.8, 4) is 0 Å². The summed E-state index contributed by atoms with van der Waals surface area (Å²) < 4.78 is 25.7. The fourth-order valence-electron chi connectivity index (χ4n) is 2.06. The lowest BCUT2D eigenvalue weighted by molar-refractivity contribution is -0.116. The number of sulfonamides is 1. The van der Waals surface area contributed by atoms with Gasteiger partial charge in [-0.05, 0) is 23.8 Å². The number of hydrogen-bond donors (Lipinski definition) is 1. The molecule has 2 rings (SSSR count). The third-order valence-corrected chi connectivity index (χ3v) is 6.39. The predicted molar refractivity (Wildman–Crippen MR) is 96.2 cm³/mol. The summed E-state index contributed by atoms with van der Waals surface area (Å²) in [7, 11) is -3.28. The molecule has 1 fully saturated rings. The molecule has 0 atom stereocenters. The minimum absolute atomic E-state index is 0.0712. The van der Waals surface area contributed by atoms with Crippen molar-refractivity contribution in [1.82, 2.24) is 9.62 Å². The molecule has 0 aliphatic carbocycles. The Morgan fingerprint density at radius 3 is 2.57 bits per heavy atom. The van der Waals surface area contributed by atoms with Crippen molar-refractivity contribution in [1.29, 1.82) is 0 Å². The first kappa shape index (κ1) is 18.3. The molecule has 23 heavy (non-hydrogen) atoms. The molecule has 0 bridgehead atoms. The van der Waals surface area contributed by atoms with Gasteiger partial charge in [-0.1, -0.05) is 23.7 Å². The van der Waals surface area contributed by atoms with Gasteiger partial charge in [0.1, 0.15) is 0 Å². The Bertz CT molecular complexity index is 654. The van der Waals surface area contributed by atoms with Crippen LogP contribution in [0.2, 0.25) is 5.02 Å². The van der Waals surface area contributed by atoms with Crippen LogP contribution in [-0.2, 0) is 14.8 Å². The van der Waals surface area contributed by atoms with E-state index in [2.05, 4.69) is 5.32 Å². The van der Waals surface area contributed by atoms with Gasteiger partial charge >= 0.3 is 0 Å². The van der Waals surface area contributed by atoms with Crippen molar-refractivity contribution in [2.45, 2.75) is 0 Å². The van der Waals surface area contributed by atoms with Crippen LogP contribution in [0.25, 0.3) is 6.08 Å². The highest BCUT2D eigenvalue weighted by Gasteiger charge is 2.23. The molecule has 1 heterocycles. The fourth-order valence-corrected chi connectivity index (χ4v) is 4.68. The van der Waals surface area contributed by atoms with Gasteiger partial charge in [-0.3, -0.25) is 4.79 Å². The second-order valence-corrected chi connectivity index (χ2v) is 8.75. The minimum Gasteiger partial charge on any atom is -0.351 e. The van der Waals surface area contributed by atoms with Crippen LogP contribution in [0.15, 0.2) is 30.3 Å². The first-order valence-corrected chi connectivity index (χ1v) is 10.4. The normalized spacial score (nSPS) is 16.6. The highest BCUT2D eigenvalue weighted by atomic mass is 35.5. The number of amides is 1. The summed E-state index contributed by atoms with van der Waals surface area (Å²) in [6, 6.07) is 7.07. The van der Waals surface area contributed by atoms with E-state index < -0.39 is 10.0 Å². The maximum absolute atomic E-state index is 12.1. The SMILES string of the molecule is O=C(/C=C/c1ccc(Cl)cc1)NCCS(=O)(=O)N1CCSCC1. The van der Waals surface area contributed by atoms with Crippen LogP contribution < -0.4 is 5.32 Å². The van der Waals surface area contributed by atoms with E-state index in [0.717, 1.165) is 17.1 Å². The second kappa shape index (κ2) is 8.73. The van der Waals surface area contributed by atoms with E-state index in [1.807, 2.05) is 0 Å². The van der Waals surface area contributed by atoms with Gasteiger partial charge in [-0.15, -0.1) is 0 Å². The maximum Gasteiger partial charge on any atom is 0.244 e. The Morgan fingerprint density at radius 2 is 1.91 bits per heavy atom. The number of benzene rings is 1. The Balaban J connectivity index is 1.76. The van der Waals surface area contributed by atoms with Gasteiger partial charge in [0, 0.05) is 42.2 Å². The topological polar surface area (TPSA) is 66.5 Å². The third kappa shape index (κ3) is 6.18. The van der Waals surface area contributed by atoms with Crippen LogP contribution in [0.5, 0.6) is 0 Å². The van der Waals surface area contributed by atoms with Crippen LogP contribution in [0.4, 0.5) is 0 Å². The zero-order valence-corrected chi connectivity index (χ0v) is 15.0. The summed E-state index contributed by atoms with van der Waals surface area (Å²) in [4.78, 5) is 11.7. The van der Waals surface area contributed by atoms with E-state index in [0.29, 0.717) is 18.1 Å². The van der Waals surface area contributed by atoms with E-state index in [1.54, 1.807) is 42.1 Å². The number of nitrogens with one attached hydrogen (secondary N) is 1. The summed E-state index contributed by atoms with van der Waals surface area (Å²) >= 11 is 7.54. The van der Waals surface area contributed by atoms with Crippen molar-refractivity contribution >= 4 is 45.4 Å². The van der Waals surface area contributed by atoms with Crippen molar-refractivity contribution in [3.63, 3.8) is 0 Å². The zero-order chi connectivity index (χ0) is 16.7. The number of carbonyl (C=O) groups excluding carboxylic acids is 1. The second-order valence-electron chi connectivity index (χ2n) is 5.00. The minimum atomic E-state index is -3.28. The molecule has 8 heteroatoms. The molecule has 1 aliphatic rings. The quantitative estimate of drug-likeness (QED) is 0.772. The third-order valence-electron chi connectivity index (χ3n) is 3.32. The Hall–Kier alpha value is -1.02. The van der Waals surface area contributed by atoms with Crippen LogP contribution in [0, 0.1) is 0 Å². The van der Waals surface area contributed by atoms with Crippen LogP contribution in [0.1, 0.15) is 5.56 Å². The lowest BCUT2D eigenvalue weighted by atomic mass is 10.2. The zero-order valence-electron chi connectivity index (χ0n) is 12.6. The van der Waals surface area contributed by atoms with E-state index >= 15 is 0 Å². The molecule has 1 aromatic carbocycles. The molecule has 0 unspecified atom stereocenters. The van der Waals surface area contributed by atoms with Gasteiger partial charge in [0.05, 0.1) is 5.75 Å². The summed E-state index contributed by atoms with van der Waals surface area (Å²) in [6.45, 7) is 1.21. The molecular weight excluding hydrogens is 356 g/mol. The number of nitrogens with zero attached hydrogens (tertiary/aromatic N) is 1. The number of carbonyl (C=O) groups is 1. The summed E-state index contributed by atoms with van der Waals surface area (Å²) in [5.74, 6) is 1.27. The number of thioether (sulfide) groups is 1. The van der Waals surface area contributed by atoms with Crippen molar-refractivity contribution in [3.05, 3.63) is 40.9 Å². The molecule has 0 spiro atoms. The maximum atomic E-state index is 12.1. The summed E-state index contributed by atoms with van der Waals surface area (Å²) in [5, 5.41) is 3.23. The Labute approximate surface area is 146 Å². The average molecular weight is 375 g/mol. The molecule has 1 aliphatic heterocycles.